The van der Waals surface area contributed by atoms with Gasteiger partial charge in [0.2, 0.25) is 10.8 Å². The van der Waals surface area contributed by atoms with Crippen LogP contribution in [0.15, 0.2) is 58.8 Å². The number of hydrogen-bond donors (Lipinski definition) is 0. The van der Waals surface area contributed by atoms with Gasteiger partial charge in [0.25, 0.3) is 0 Å². The van der Waals surface area contributed by atoms with Gasteiger partial charge < -0.3 is 0 Å². The molecule has 6 heteroatoms. The van der Waals surface area contributed by atoms with Crippen molar-refractivity contribution in [2.45, 2.75) is 0 Å². The lowest BCUT2D eigenvalue weighted by Gasteiger charge is -1.90. The lowest BCUT2D eigenvalue weighted by atomic mass is 10.3. The zero-order valence-corrected chi connectivity index (χ0v) is 9.30. The Labute approximate surface area is 103 Å². The topological polar surface area (TPSA) is 81.0 Å². The molecule has 0 aliphatic carbocycles. The quantitative estimate of drug-likeness (QED) is 0.538. The fourth-order valence-electron chi connectivity index (χ4n) is 1.29. The summed E-state index contributed by atoms with van der Waals surface area (Å²) >= 11 is 0. The van der Waals surface area contributed by atoms with Gasteiger partial charge in [-0.2, -0.15) is 10.2 Å². The first kappa shape index (κ1) is 11.4. The molecular weight excluding hydrogens is 228 g/mol. The second kappa shape index (κ2) is 5.28. The van der Waals surface area contributed by atoms with Gasteiger partial charge in [0, 0.05) is 24.3 Å². The highest BCUT2D eigenvalue weighted by Gasteiger charge is 2.03. The second-order valence-electron chi connectivity index (χ2n) is 3.43. The monoisotopic (exact) mass is 236 g/mol. The van der Waals surface area contributed by atoms with Crippen LogP contribution in [0.2, 0.25) is 0 Å². The summed E-state index contributed by atoms with van der Waals surface area (Å²) in [6.07, 6.45) is 0. The van der Waals surface area contributed by atoms with Gasteiger partial charge in [0.15, 0.2) is 9.95 Å². The van der Waals surface area contributed by atoms with Gasteiger partial charge in [-0.05, 0) is 24.3 Å². The van der Waals surface area contributed by atoms with Crippen LogP contribution in [-0.2, 0) is 0 Å². The Bertz CT molecular complexity index is 583. The molecule has 0 heterocycles. The molecule has 84 valence electrons. The van der Waals surface area contributed by atoms with Crippen LogP contribution in [0.25, 0.3) is 9.95 Å². The van der Waals surface area contributed by atoms with E-state index in [2.05, 4.69) is 20.2 Å². The fourth-order valence-corrected chi connectivity index (χ4v) is 1.29. The summed E-state index contributed by atoms with van der Waals surface area (Å²) in [5.41, 5.74) is 2.22. The van der Waals surface area contributed by atoms with E-state index in [1.54, 1.807) is 48.5 Å². The number of azo groups is 1. The van der Waals surface area contributed by atoms with Crippen molar-refractivity contribution in [1.82, 2.24) is 0 Å². The van der Waals surface area contributed by atoms with Crippen molar-refractivity contribution in [3.63, 3.8) is 0 Å². The van der Waals surface area contributed by atoms with Crippen LogP contribution in [0.1, 0.15) is 0 Å². The highest BCUT2D eigenvalue weighted by atomic mass is 15.1. The van der Waals surface area contributed by atoms with Crippen LogP contribution >= 0.6 is 0 Å². The molecule has 0 aliphatic heterocycles. The zero-order chi connectivity index (χ0) is 12.8. The molecule has 2 rings (SSSR count). The van der Waals surface area contributed by atoms with Crippen LogP contribution in [0.5, 0.6) is 0 Å². The largest absolute Gasteiger partial charge is 0.385 e. The molecule has 0 amide bonds. The average molecular weight is 236 g/mol. The highest BCUT2D eigenvalue weighted by Crippen LogP contribution is 2.23. The molecule has 0 radical (unpaired) electrons. The first-order valence-electron chi connectivity index (χ1n) is 5.14. The molecule has 0 saturated heterocycles. The molecule has 0 unspecified atom stereocenters. The van der Waals surface area contributed by atoms with E-state index >= 15 is 0 Å². The van der Waals surface area contributed by atoms with Crippen molar-refractivity contribution in [2.24, 2.45) is 10.2 Å². The van der Waals surface area contributed by atoms with Crippen LogP contribution in [0.3, 0.4) is 0 Å². The van der Waals surface area contributed by atoms with E-state index in [9.17, 15) is 0 Å². The lowest BCUT2D eigenvalue weighted by Crippen LogP contribution is -1.65. The predicted molar refractivity (Wildman–Crippen MR) is 66.5 cm³/mol. The molecule has 6 nitrogen and oxygen atoms in total. The molecule has 0 atom stereocenters. The minimum absolute atomic E-state index is 0.461. The Hall–Kier alpha value is -3.12. The molecular formula is C12H8N6+2. The van der Waals surface area contributed by atoms with Gasteiger partial charge in [-0.3, -0.25) is 0 Å². The van der Waals surface area contributed by atoms with Crippen LogP contribution < -0.4 is 0 Å². The van der Waals surface area contributed by atoms with Crippen LogP contribution in [0, 0.1) is 10.8 Å². The Balaban J connectivity index is 2.14. The summed E-state index contributed by atoms with van der Waals surface area (Å²) in [4.78, 5) is 6.09. The minimum Gasteiger partial charge on any atom is -0.151 e. The number of diazo groups is 2. The normalized spacial score (nSPS) is 9.89. The standard InChI is InChI=1S/C12H8N6/c13-15-9-1-5-11(6-2-9)17-18-12-7-3-10(16-14)4-8-12/h1-8H/q+2. The van der Waals surface area contributed by atoms with Gasteiger partial charge in [0.1, 0.15) is 0 Å². The predicted octanol–water partition coefficient (Wildman–Crippen LogP) is 5.07. The lowest BCUT2D eigenvalue weighted by molar-refractivity contribution is 1.23. The van der Waals surface area contributed by atoms with Crippen molar-refractivity contribution in [2.75, 3.05) is 0 Å². The summed E-state index contributed by atoms with van der Waals surface area (Å²) in [7, 11) is 0. The van der Waals surface area contributed by atoms with Gasteiger partial charge >= 0.3 is 11.4 Å². The summed E-state index contributed by atoms with van der Waals surface area (Å²) in [6, 6.07) is 13.3. The number of rotatable bonds is 2. The third-order valence-electron chi connectivity index (χ3n) is 2.21. The molecule has 18 heavy (non-hydrogen) atoms. The number of nitrogens with zero attached hydrogens (tertiary/aromatic N) is 6. The molecule has 0 bridgehead atoms. The smallest absolute Gasteiger partial charge is 0.151 e. The van der Waals surface area contributed by atoms with E-state index in [0.29, 0.717) is 22.7 Å². The van der Waals surface area contributed by atoms with E-state index in [-0.39, 0.29) is 0 Å². The van der Waals surface area contributed by atoms with Gasteiger partial charge in [-0.15, -0.1) is 0 Å². The van der Waals surface area contributed by atoms with Crippen LogP contribution in [0.4, 0.5) is 22.7 Å². The number of benzene rings is 2. The molecule has 0 fully saturated rings. The molecule has 0 aromatic heterocycles. The maximum atomic E-state index is 8.53. The summed E-state index contributed by atoms with van der Waals surface area (Å²) in [5.74, 6) is 0. The molecule has 0 N–H and O–H groups in total. The van der Waals surface area contributed by atoms with Crippen molar-refractivity contribution in [1.29, 1.82) is 10.8 Å². The Morgan fingerprint density at radius 2 is 0.944 bits per heavy atom. The minimum atomic E-state index is 0.461. The molecule has 0 saturated carbocycles. The summed E-state index contributed by atoms with van der Waals surface area (Å²) < 4.78 is 0. The van der Waals surface area contributed by atoms with Gasteiger partial charge in [-0.1, -0.05) is 0 Å². The second-order valence-corrected chi connectivity index (χ2v) is 3.43. The maximum absolute atomic E-state index is 8.53. The first-order valence-corrected chi connectivity index (χ1v) is 5.14. The van der Waals surface area contributed by atoms with Crippen molar-refractivity contribution in [3.8, 4) is 0 Å². The SMILES string of the molecule is N#[N+]c1ccc(N=Nc2ccc([N+]#N)cc2)cc1. The van der Waals surface area contributed by atoms with Crippen LogP contribution in [-0.4, -0.2) is 0 Å². The van der Waals surface area contributed by atoms with E-state index in [4.69, 9.17) is 10.8 Å². The van der Waals surface area contributed by atoms with Gasteiger partial charge in [0.05, 0.1) is 11.4 Å². The molecule has 0 aliphatic rings. The van der Waals surface area contributed by atoms with Gasteiger partial charge in [-0.25, -0.2) is 0 Å². The van der Waals surface area contributed by atoms with E-state index in [1.807, 2.05) is 0 Å². The maximum Gasteiger partial charge on any atom is 0.385 e. The van der Waals surface area contributed by atoms with E-state index in [0.717, 1.165) is 0 Å². The molecule has 2 aromatic rings. The molecule has 0 spiro atoms. The van der Waals surface area contributed by atoms with E-state index in [1.165, 1.54) is 0 Å². The van der Waals surface area contributed by atoms with Crippen molar-refractivity contribution in [3.05, 3.63) is 58.5 Å². The highest BCUT2D eigenvalue weighted by molar-refractivity contribution is 5.52. The number of hydrogen-bond acceptors (Lipinski definition) is 4. The first-order chi connectivity index (χ1) is 8.81. The average Bonchev–Trinajstić information content (AvgIpc) is 2.46. The van der Waals surface area contributed by atoms with Crippen molar-refractivity contribution < 1.29 is 0 Å². The third-order valence-corrected chi connectivity index (χ3v) is 2.21. The van der Waals surface area contributed by atoms with Crippen molar-refractivity contribution >= 4 is 22.7 Å². The summed E-state index contributed by atoms with van der Waals surface area (Å²) in [5, 5.41) is 25.1. The Morgan fingerprint density at radius 1 is 0.611 bits per heavy atom. The zero-order valence-electron chi connectivity index (χ0n) is 9.30. The Kier molecular flexibility index (Phi) is 3.34. The fraction of sp³-hybridized carbons (Fsp3) is 0. The Morgan fingerprint density at radius 3 is 1.22 bits per heavy atom. The third kappa shape index (κ3) is 2.71. The van der Waals surface area contributed by atoms with E-state index < -0.39 is 0 Å². The molecule has 2 aromatic carbocycles. The summed E-state index contributed by atoms with van der Waals surface area (Å²) in [6.45, 7) is 0.